The predicted octanol–water partition coefficient (Wildman–Crippen LogP) is 2.23. The van der Waals surface area contributed by atoms with Gasteiger partial charge in [-0.1, -0.05) is 6.92 Å². The van der Waals surface area contributed by atoms with Crippen LogP contribution in [0.3, 0.4) is 0 Å². The van der Waals surface area contributed by atoms with Gasteiger partial charge in [-0.05, 0) is 27.2 Å². The number of hydrogen-bond acceptors (Lipinski definition) is 4. The lowest BCUT2D eigenvalue weighted by molar-refractivity contribution is 0.393. The van der Waals surface area contributed by atoms with E-state index in [1.807, 2.05) is 6.20 Å². The van der Waals surface area contributed by atoms with Crippen molar-refractivity contribution in [2.45, 2.75) is 45.7 Å². The van der Waals surface area contributed by atoms with Gasteiger partial charge in [0.1, 0.15) is 5.01 Å². The maximum absolute atomic E-state index is 6.07. The molecule has 86 valence electrons. The van der Waals surface area contributed by atoms with Crippen LogP contribution in [0.4, 0.5) is 0 Å². The van der Waals surface area contributed by atoms with Crippen molar-refractivity contribution in [2.24, 2.45) is 5.73 Å². The van der Waals surface area contributed by atoms with E-state index in [1.165, 1.54) is 4.88 Å². The number of nitrogens with one attached hydrogen (secondary N) is 1. The van der Waals surface area contributed by atoms with Crippen molar-refractivity contribution in [3.05, 3.63) is 16.1 Å². The van der Waals surface area contributed by atoms with Crippen LogP contribution < -0.4 is 11.1 Å². The number of rotatable bonds is 5. The van der Waals surface area contributed by atoms with Gasteiger partial charge in [0.2, 0.25) is 0 Å². The highest BCUT2D eigenvalue weighted by Gasteiger charge is 2.17. The molecule has 0 spiro atoms. The van der Waals surface area contributed by atoms with Crippen LogP contribution in [0.2, 0.25) is 0 Å². The Morgan fingerprint density at radius 1 is 1.67 bits per heavy atom. The molecule has 0 aromatic carbocycles. The van der Waals surface area contributed by atoms with Gasteiger partial charge in [-0.2, -0.15) is 0 Å². The van der Waals surface area contributed by atoms with Gasteiger partial charge in [0, 0.05) is 23.2 Å². The van der Waals surface area contributed by atoms with E-state index in [0.29, 0.717) is 0 Å². The Morgan fingerprint density at radius 3 is 2.80 bits per heavy atom. The summed E-state index contributed by atoms with van der Waals surface area (Å²) < 4.78 is 0. The SMILES string of the molecule is CCC(C)(N)CNC(C)c1ncc(C)s1. The van der Waals surface area contributed by atoms with Gasteiger partial charge < -0.3 is 11.1 Å². The van der Waals surface area contributed by atoms with Crippen molar-refractivity contribution in [1.29, 1.82) is 0 Å². The van der Waals surface area contributed by atoms with Crippen molar-refractivity contribution >= 4 is 11.3 Å². The van der Waals surface area contributed by atoms with Crippen LogP contribution in [0, 0.1) is 6.92 Å². The minimum atomic E-state index is -0.124. The summed E-state index contributed by atoms with van der Waals surface area (Å²) in [6, 6.07) is 0.290. The summed E-state index contributed by atoms with van der Waals surface area (Å²) in [7, 11) is 0. The third-order valence-electron chi connectivity index (χ3n) is 2.63. The van der Waals surface area contributed by atoms with Gasteiger partial charge in [0.25, 0.3) is 0 Å². The molecule has 1 aromatic heterocycles. The Labute approximate surface area is 96.1 Å². The largest absolute Gasteiger partial charge is 0.324 e. The molecule has 0 aliphatic carbocycles. The van der Waals surface area contributed by atoms with E-state index in [2.05, 4.69) is 38.0 Å². The van der Waals surface area contributed by atoms with Crippen LogP contribution in [0.5, 0.6) is 0 Å². The molecule has 3 nitrogen and oxygen atoms in total. The van der Waals surface area contributed by atoms with Crippen molar-refractivity contribution in [1.82, 2.24) is 10.3 Å². The average Bonchev–Trinajstić information content (AvgIpc) is 2.61. The molecule has 4 heteroatoms. The average molecular weight is 227 g/mol. The molecule has 0 amide bonds. The molecule has 0 fully saturated rings. The van der Waals surface area contributed by atoms with Crippen LogP contribution in [-0.2, 0) is 0 Å². The summed E-state index contributed by atoms with van der Waals surface area (Å²) in [6.07, 6.45) is 2.89. The van der Waals surface area contributed by atoms with Gasteiger partial charge in [0.05, 0.1) is 6.04 Å². The molecule has 1 aromatic rings. The van der Waals surface area contributed by atoms with E-state index in [0.717, 1.165) is 18.0 Å². The van der Waals surface area contributed by atoms with E-state index in [9.17, 15) is 0 Å². The first-order valence-corrected chi connectivity index (χ1v) is 6.21. The van der Waals surface area contributed by atoms with Crippen LogP contribution in [0.1, 0.15) is 43.1 Å². The lowest BCUT2D eigenvalue weighted by Gasteiger charge is -2.25. The maximum atomic E-state index is 6.07. The molecule has 0 aliphatic heterocycles. The molecule has 0 saturated carbocycles. The quantitative estimate of drug-likeness (QED) is 0.811. The first-order valence-electron chi connectivity index (χ1n) is 5.39. The number of nitrogens with two attached hydrogens (primary N) is 1. The summed E-state index contributed by atoms with van der Waals surface area (Å²) in [6.45, 7) is 9.21. The predicted molar refractivity (Wildman–Crippen MR) is 66.2 cm³/mol. The molecule has 2 atom stereocenters. The second kappa shape index (κ2) is 5.05. The lowest BCUT2D eigenvalue weighted by atomic mass is 10.0. The summed E-state index contributed by atoms with van der Waals surface area (Å²) >= 11 is 1.74. The molecule has 1 heterocycles. The number of nitrogens with zero attached hydrogens (tertiary/aromatic N) is 1. The highest BCUT2D eigenvalue weighted by Crippen LogP contribution is 2.19. The van der Waals surface area contributed by atoms with Gasteiger partial charge >= 0.3 is 0 Å². The number of thiazole rings is 1. The van der Waals surface area contributed by atoms with Crippen molar-refractivity contribution in [3.63, 3.8) is 0 Å². The zero-order valence-electron chi connectivity index (χ0n) is 10.0. The molecule has 0 saturated heterocycles. The zero-order chi connectivity index (χ0) is 11.5. The monoisotopic (exact) mass is 227 g/mol. The molecule has 1 rings (SSSR count). The number of aryl methyl sites for hydroxylation is 1. The highest BCUT2D eigenvalue weighted by atomic mass is 32.1. The summed E-state index contributed by atoms with van der Waals surface area (Å²) in [5, 5.41) is 4.56. The van der Waals surface area contributed by atoms with Crippen molar-refractivity contribution in [3.8, 4) is 0 Å². The fourth-order valence-corrected chi connectivity index (χ4v) is 1.97. The van der Waals surface area contributed by atoms with E-state index >= 15 is 0 Å². The second-order valence-corrected chi connectivity index (χ2v) is 5.69. The molecular weight excluding hydrogens is 206 g/mol. The van der Waals surface area contributed by atoms with E-state index in [1.54, 1.807) is 11.3 Å². The van der Waals surface area contributed by atoms with Gasteiger partial charge in [0.15, 0.2) is 0 Å². The third-order valence-corrected chi connectivity index (χ3v) is 3.72. The molecule has 15 heavy (non-hydrogen) atoms. The van der Waals surface area contributed by atoms with Gasteiger partial charge in [-0.15, -0.1) is 11.3 Å². The molecule has 3 N–H and O–H groups in total. The second-order valence-electron chi connectivity index (χ2n) is 4.42. The fraction of sp³-hybridized carbons (Fsp3) is 0.727. The van der Waals surface area contributed by atoms with E-state index in [-0.39, 0.29) is 11.6 Å². The summed E-state index contributed by atoms with van der Waals surface area (Å²) in [4.78, 5) is 5.61. The Kier molecular flexibility index (Phi) is 4.25. The highest BCUT2D eigenvalue weighted by molar-refractivity contribution is 7.11. The lowest BCUT2D eigenvalue weighted by Crippen LogP contribution is -2.46. The fourth-order valence-electron chi connectivity index (χ4n) is 1.17. The van der Waals surface area contributed by atoms with E-state index in [4.69, 9.17) is 5.73 Å². The Bertz CT molecular complexity index is 307. The minimum Gasteiger partial charge on any atom is -0.324 e. The van der Waals surface area contributed by atoms with Crippen molar-refractivity contribution in [2.75, 3.05) is 6.54 Å². The van der Waals surface area contributed by atoms with Crippen LogP contribution >= 0.6 is 11.3 Å². The number of hydrogen-bond donors (Lipinski definition) is 2. The van der Waals surface area contributed by atoms with Crippen molar-refractivity contribution < 1.29 is 0 Å². The van der Waals surface area contributed by atoms with Gasteiger partial charge in [-0.3, -0.25) is 0 Å². The smallest absolute Gasteiger partial charge is 0.109 e. The molecule has 2 unspecified atom stereocenters. The summed E-state index contributed by atoms with van der Waals surface area (Å²) in [5.74, 6) is 0. The minimum absolute atomic E-state index is 0.124. The number of aromatic nitrogens is 1. The Hall–Kier alpha value is -0.450. The zero-order valence-corrected chi connectivity index (χ0v) is 10.8. The topological polar surface area (TPSA) is 50.9 Å². The van der Waals surface area contributed by atoms with E-state index < -0.39 is 0 Å². The maximum Gasteiger partial charge on any atom is 0.109 e. The Balaban J connectivity index is 2.46. The standard InChI is InChI=1S/C11H21N3S/c1-5-11(4,12)7-14-9(3)10-13-6-8(2)15-10/h6,9,14H,5,7,12H2,1-4H3. The molecule has 0 radical (unpaired) electrons. The summed E-state index contributed by atoms with van der Waals surface area (Å²) in [5.41, 5.74) is 5.94. The Morgan fingerprint density at radius 2 is 2.33 bits per heavy atom. The van der Waals surface area contributed by atoms with Crippen LogP contribution in [0.15, 0.2) is 6.20 Å². The third kappa shape index (κ3) is 3.89. The van der Waals surface area contributed by atoms with Crippen LogP contribution in [0.25, 0.3) is 0 Å². The van der Waals surface area contributed by atoms with Gasteiger partial charge in [-0.25, -0.2) is 4.98 Å². The first kappa shape index (κ1) is 12.6. The molecule has 0 aliphatic rings. The molecular formula is C11H21N3S. The molecule has 0 bridgehead atoms. The van der Waals surface area contributed by atoms with Crippen LogP contribution in [-0.4, -0.2) is 17.1 Å². The normalized spacial score (nSPS) is 17.4. The first-order chi connectivity index (χ1) is 6.94.